The van der Waals surface area contributed by atoms with Crippen molar-refractivity contribution in [2.24, 2.45) is 0 Å². The number of aliphatic hydroxyl groups is 1. The molecule has 0 fully saturated rings. The van der Waals surface area contributed by atoms with Crippen LogP contribution < -0.4 is 5.32 Å². The number of hydrogen-bond acceptors (Lipinski definition) is 4. The van der Waals surface area contributed by atoms with Gasteiger partial charge in [0.2, 0.25) is 0 Å². The lowest BCUT2D eigenvalue weighted by atomic mass is 10.1. The first-order valence-corrected chi connectivity index (χ1v) is 7.66. The monoisotopic (exact) mass is 314 g/mol. The van der Waals surface area contributed by atoms with Crippen LogP contribution in [0.2, 0.25) is 0 Å². The molecular formula is C14H22N2O4S. The fourth-order valence-electron chi connectivity index (χ4n) is 1.90. The Kier molecular flexibility index (Phi) is 6.64. The zero-order valence-corrected chi connectivity index (χ0v) is 13.4. The van der Waals surface area contributed by atoms with Crippen molar-refractivity contribution in [2.75, 3.05) is 25.5 Å². The van der Waals surface area contributed by atoms with Gasteiger partial charge in [0.1, 0.15) is 5.00 Å². The van der Waals surface area contributed by atoms with E-state index in [9.17, 15) is 14.7 Å². The van der Waals surface area contributed by atoms with Gasteiger partial charge in [-0.3, -0.25) is 5.32 Å². The van der Waals surface area contributed by atoms with Crippen LogP contribution >= 0.6 is 11.3 Å². The third-order valence-electron chi connectivity index (χ3n) is 3.32. The number of aromatic carboxylic acids is 1. The molecule has 0 spiro atoms. The topological polar surface area (TPSA) is 89.9 Å². The predicted molar refractivity (Wildman–Crippen MR) is 83.3 cm³/mol. The number of nitrogens with one attached hydrogen (secondary N) is 1. The number of amides is 2. The molecule has 3 N–H and O–H groups in total. The molecule has 0 saturated carbocycles. The number of carbonyl (C=O) groups is 2. The highest BCUT2D eigenvalue weighted by Crippen LogP contribution is 2.32. The molecule has 0 radical (unpaired) electrons. The maximum Gasteiger partial charge on any atom is 0.338 e. The minimum atomic E-state index is -1.03. The normalized spacial score (nSPS) is 10.5. The van der Waals surface area contributed by atoms with Crippen molar-refractivity contribution in [3.05, 3.63) is 16.0 Å². The van der Waals surface area contributed by atoms with Gasteiger partial charge in [-0.15, -0.1) is 11.3 Å². The highest BCUT2D eigenvalue weighted by molar-refractivity contribution is 7.16. The molecule has 1 aromatic heterocycles. The third kappa shape index (κ3) is 4.71. The number of carbonyl (C=O) groups excluding carboxylic acids is 1. The Hall–Kier alpha value is -1.60. The number of carboxylic acid groups (broad SMARTS) is 1. The highest BCUT2D eigenvalue weighted by atomic mass is 32.1. The Balaban J connectivity index is 2.66. The van der Waals surface area contributed by atoms with E-state index in [1.54, 1.807) is 14.0 Å². The van der Waals surface area contributed by atoms with Gasteiger partial charge < -0.3 is 15.1 Å². The van der Waals surface area contributed by atoms with Crippen molar-refractivity contribution in [1.29, 1.82) is 0 Å². The molecular weight excluding hydrogens is 292 g/mol. The van der Waals surface area contributed by atoms with E-state index in [1.165, 1.54) is 16.2 Å². The number of hydrogen-bond donors (Lipinski definition) is 3. The minimum absolute atomic E-state index is 0.158. The van der Waals surface area contributed by atoms with Gasteiger partial charge >= 0.3 is 12.0 Å². The van der Waals surface area contributed by atoms with E-state index in [0.29, 0.717) is 17.1 Å². The molecule has 2 amide bonds. The van der Waals surface area contributed by atoms with Crippen LogP contribution in [0.4, 0.5) is 9.80 Å². The summed E-state index contributed by atoms with van der Waals surface area (Å²) in [6.45, 7) is 4.30. The van der Waals surface area contributed by atoms with Gasteiger partial charge in [0.05, 0.1) is 5.56 Å². The number of rotatable bonds is 7. The fourth-order valence-corrected chi connectivity index (χ4v) is 2.95. The van der Waals surface area contributed by atoms with Gasteiger partial charge in [0, 0.05) is 25.1 Å². The summed E-state index contributed by atoms with van der Waals surface area (Å²) in [4.78, 5) is 25.7. The smallest absolute Gasteiger partial charge is 0.338 e. The van der Waals surface area contributed by atoms with Crippen LogP contribution in [0.1, 0.15) is 40.1 Å². The zero-order valence-electron chi connectivity index (χ0n) is 12.6. The number of urea groups is 1. The number of unbranched alkanes of at least 4 members (excludes halogenated alkanes) is 2. The van der Waals surface area contributed by atoms with Crippen molar-refractivity contribution in [3.63, 3.8) is 0 Å². The molecule has 0 atom stereocenters. The predicted octanol–water partition coefficient (Wildman–Crippen LogP) is 2.69. The fraction of sp³-hybridized carbons (Fsp3) is 0.571. The molecule has 1 rings (SSSR count). The molecule has 21 heavy (non-hydrogen) atoms. The van der Waals surface area contributed by atoms with E-state index in [1.807, 2.05) is 6.92 Å². The summed E-state index contributed by atoms with van der Waals surface area (Å²) in [5.74, 6) is -1.03. The Morgan fingerprint density at radius 1 is 1.24 bits per heavy atom. The molecule has 0 bridgehead atoms. The van der Waals surface area contributed by atoms with Crippen molar-refractivity contribution >= 4 is 28.3 Å². The van der Waals surface area contributed by atoms with Crippen molar-refractivity contribution in [2.45, 2.75) is 33.1 Å². The molecule has 0 saturated heterocycles. The Morgan fingerprint density at radius 3 is 2.48 bits per heavy atom. The van der Waals surface area contributed by atoms with E-state index < -0.39 is 5.97 Å². The summed E-state index contributed by atoms with van der Waals surface area (Å²) >= 11 is 1.27. The van der Waals surface area contributed by atoms with Gasteiger partial charge in [0.15, 0.2) is 0 Å². The van der Waals surface area contributed by atoms with Crippen molar-refractivity contribution < 1.29 is 19.8 Å². The molecule has 0 aromatic carbocycles. The van der Waals surface area contributed by atoms with Gasteiger partial charge in [-0.1, -0.05) is 0 Å². The van der Waals surface area contributed by atoms with Gasteiger partial charge in [-0.25, -0.2) is 9.59 Å². The number of thiophene rings is 1. The average Bonchev–Trinajstić information content (AvgIpc) is 2.69. The van der Waals surface area contributed by atoms with Crippen LogP contribution in [0.25, 0.3) is 0 Å². The molecule has 1 heterocycles. The molecule has 118 valence electrons. The molecule has 1 aromatic rings. The molecule has 0 unspecified atom stereocenters. The molecule has 0 aliphatic heterocycles. The second kappa shape index (κ2) is 7.99. The number of carboxylic acids is 1. The Bertz CT molecular complexity index is 513. The maximum absolute atomic E-state index is 12.1. The van der Waals surface area contributed by atoms with Crippen LogP contribution in [-0.2, 0) is 0 Å². The van der Waals surface area contributed by atoms with E-state index in [0.717, 1.165) is 24.1 Å². The molecule has 0 aliphatic carbocycles. The van der Waals surface area contributed by atoms with E-state index in [-0.39, 0.29) is 18.2 Å². The van der Waals surface area contributed by atoms with Crippen LogP contribution in [0.3, 0.4) is 0 Å². The molecule has 0 aliphatic rings. The van der Waals surface area contributed by atoms with Crippen LogP contribution in [0.5, 0.6) is 0 Å². The van der Waals surface area contributed by atoms with E-state index in [4.69, 9.17) is 5.11 Å². The average molecular weight is 314 g/mol. The summed E-state index contributed by atoms with van der Waals surface area (Å²) in [6.07, 6.45) is 2.38. The van der Waals surface area contributed by atoms with E-state index in [2.05, 4.69) is 5.32 Å². The van der Waals surface area contributed by atoms with Crippen molar-refractivity contribution in [3.8, 4) is 0 Å². The van der Waals surface area contributed by atoms with E-state index >= 15 is 0 Å². The lowest BCUT2D eigenvalue weighted by Gasteiger charge is -2.17. The number of nitrogens with zero attached hydrogens (tertiary/aromatic N) is 1. The first kappa shape index (κ1) is 17.5. The second-order valence-electron chi connectivity index (χ2n) is 4.93. The number of anilines is 1. The Labute approximate surface area is 128 Å². The quantitative estimate of drug-likeness (QED) is 0.675. The standard InChI is InChI=1S/C14H22N2O4S/c1-9-10(2)21-12(11(9)13(18)19)15-14(20)16(3)7-5-4-6-8-17/h17H,4-8H2,1-3H3,(H,15,20)(H,18,19). The first-order valence-electron chi connectivity index (χ1n) is 6.84. The SMILES string of the molecule is Cc1sc(NC(=O)N(C)CCCCCO)c(C(=O)O)c1C. The maximum atomic E-state index is 12.1. The van der Waals surface area contributed by atoms with Gasteiger partial charge in [0.25, 0.3) is 0 Å². The number of aryl methyl sites for hydroxylation is 1. The van der Waals surface area contributed by atoms with Gasteiger partial charge in [-0.05, 0) is 38.7 Å². The minimum Gasteiger partial charge on any atom is -0.478 e. The summed E-state index contributed by atoms with van der Waals surface area (Å²) in [5.41, 5.74) is 0.855. The zero-order chi connectivity index (χ0) is 16.0. The van der Waals surface area contributed by atoms with Crippen LogP contribution in [0, 0.1) is 13.8 Å². The molecule has 6 nitrogen and oxygen atoms in total. The second-order valence-corrected chi connectivity index (χ2v) is 6.15. The van der Waals surface area contributed by atoms with Crippen LogP contribution in [0.15, 0.2) is 0 Å². The summed E-state index contributed by atoms with van der Waals surface area (Å²) in [5, 5.41) is 21.0. The lowest BCUT2D eigenvalue weighted by Crippen LogP contribution is -2.32. The summed E-state index contributed by atoms with van der Waals surface area (Å²) in [7, 11) is 1.67. The third-order valence-corrected chi connectivity index (χ3v) is 4.44. The summed E-state index contributed by atoms with van der Waals surface area (Å²) in [6, 6.07) is -0.317. The molecule has 7 heteroatoms. The highest BCUT2D eigenvalue weighted by Gasteiger charge is 2.21. The van der Waals surface area contributed by atoms with Crippen LogP contribution in [-0.4, -0.2) is 47.3 Å². The first-order chi connectivity index (χ1) is 9.88. The summed E-state index contributed by atoms with van der Waals surface area (Å²) < 4.78 is 0. The lowest BCUT2D eigenvalue weighted by molar-refractivity contribution is 0.0697. The Morgan fingerprint density at radius 2 is 1.90 bits per heavy atom. The van der Waals surface area contributed by atoms with Crippen molar-refractivity contribution in [1.82, 2.24) is 4.90 Å². The van der Waals surface area contributed by atoms with Gasteiger partial charge in [-0.2, -0.15) is 0 Å². The number of aliphatic hydroxyl groups excluding tert-OH is 1. The largest absolute Gasteiger partial charge is 0.478 e.